The maximum Gasteiger partial charge on any atom is 0.251 e. The van der Waals surface area contributed by atoms with Gasteiger partial charge < -0.3 is 25.0 Å². The molecule has 0 saturated heterocycles. The lowest BCUT2D eigenvalue weighted by Gasteiger charge is -2.11. The molecule has 2 aromatic rings. The molecule has 0 aromatic heterocycles. The van der Waals surface area contributed by atoms with Crippen LogP contribution in [0, 0.1) is 0 Å². The van der Waals surface area contributed by atoms with Gasteiger partial charge in [-0.25, -0.2) is 0 Å². The summed E-state index contributed by atoms with van der Waals surface area (Å²) in [6.07, 6.45) is 0. The molecule has 7 nitrogen and oxygen atoms in total. The number of ether oxygens (including phenoxy) is 2. The first-order valence-corrected chi connectivity index (χ1v) is 9.07. The Balaban J connectivity index is 1.73. The number of carbonyl (C=O) groups excluding carboxylic acids is 2. The second-order valence-electron chi connectivity index (χ2n) is 6.42. The third kappa shape index (κ3) is 6.92. The summed E-state index contributed by atoms with van der Waals surface area (Å²) in [6, 6.07) is 13.8. The lowest BCUT2D eigenvalue weighted by molar-refractivity contribution is 0.0937. The quantitative estimate of drug-likeness (QED) is 0.610. The molecule has 2 N–H and O–H groups in total. The van der Waals surface area contributed by atoms with Gasteiger partial charge in [0.05, 0.1) is 13.7 Å². The van der Waals surface area contributed by atoms with E-state index in [0.717, 1.165) is 12.3 Å². The fourth-order valence-corrected chi connectivity index (χ4v) is 2.38. The van der Waals surface area contributed by atoms with Gasteiger partial charge in [-0.3, -0.25) is 9.59 Å². The normalized spacial score (nSPS) is 10.4. The number of benzene rings is 2. The molecule has 0 atom stereocenters. The summed E-state index contributed by atoms with van der Waals surface area (Å²) in [7, 11) is 5.50. The molecule has 0 aliphatic heterocycles. The summed E-state index contributed by atoms with van der Waals surface area (Å²) < 4.78 is 10.7. The molecule has 0 heterocycles. The molecule has 28 heavy (non-hydrogen) atoms. The minimum atomic E-state index is -0.210. The van der Waals surface area contributed by atoms with Crippen molar-refractivity contribution in [1.82, 2.24) is 15.5 Å². The highest BCUT2D eigenvalue weighted by molar-refractivity contribution is 5.97. The van der Waals surface area contributed by atoms with Crippen LogP contribution in [-0.2, 0) is 0 Å². The Morgan fingerprint density at radius 2 is 1.32 bits per heavy atom. The van der Waals surface area contributed by atoms with Crippen molar-refractivity contribution in [2.75, 3.05) is 47.4 Å². The van der Waals surface area contributed by atoms with E-state index >= 15 is 0 Å². The number of amides is 2. The third-order valence-corrected chi connectivity index (χ3v) is 3.97. The molecule has 0 bridgehead atoms. The molecule has 0 spiro atoms. The van der Waals surface area contributed by atoms with E-state index in [2.05, 4.69) is 10.6 Å². The molecule has 150 valence electrons. The van der Waals surface area contributed by atoms with E-state index in [1.807, 2.05) is 43.3 Å². The number of nitrogens with zero attached hydrogens (tertiary/aromatic N) is 1. The van der Waals surface area contributed by atoms with Crippen molar-refractivity contribution in [3.8, 4) is 11.5 Å². The highest BCUT2D eigenvalue weighted by atomic mass is 16.5. The molecule has 0 fully saturated rings. The summed E-state index contributed by atoms with van der Waals surface area (Å²) in [6.45, 7) is 2.06. The first kappa shape index (κ1) is 21.2. The molecule has 2 amide bonds. The van der Waals surface area contributed by atoms with E-state index in [0.29, 0.717) is 36.6 Å². The van der Waals surface area contributed by atoms with Crippen molar-refractivity contribution in [2.24, 2.45) is 0 Å². The van der Waals surface area contributed by atoms with Crippen molar-refractivity contribution in [1.29, 1.82) is 0 Å². The number of likely N-dealkylation sites (N-methyl/N-ethyl adjacent to an activating group) is 1. The first-order valence-electron chi connectivity index (χ1n) is 9.07. The predicted molar refractivity (Wildman–Crippen MR) is 108 cm³/mol. The monoisotopic (exact) mass is 385 g/mol. The Morgan fingerprint density at radius 3 is 1.82 bits per heavy atom. The van der Waals surface area contributed by atoms with E-state index in [-0.39, 0.29) is 11.8 Å². The van der Waals surface area contributed by atoms with Crippen molar-refractivity contribution >= 4 is 11.8 Å². The smallest absolute Gasteiger partial charge is 0.251 e. The average Bonchev–Trinajstić information content (AvgIpc) is 2.71. The number of hydrogen-bond donors (Lipinski definition) is 2. The number of rotatable bonds is 10. The number of methoxy groups -OCH3 is 1. The van der Waals surface area contributed by atoms with Crippen molar-refractivity contribution < 1.29 is 19.1 Å². The van der Waals surface area contributed by atoms with Crippen LogP contribution in [0.15, 0.2) is 48.5 Å². The number of hydrogen-bond acceptors (Lipinski definition) is 5. The zero-order valence-electron chi connectivity index (χ0n) is 16.5. The van der Waals surface area contributed by atoms with E-state index in [4.69, 9.17) is 9.47 Å². The third-order valence-electron chi connectivity index (χ3n) is 3.97. The highest BCUT2D eigenvalue weighted by Gasteiger charge is 2.08. The second kappa shape index (κ2) is 10.9. The SMILES string of the molecule is COc1ccc(OCCNC(=O)c2ccc(C(=O)NCCN(C)C)cc2)cc1. The lowest BCUT2D eigenvalue weighted by Crippen LogP contribution is -2.31. The Hall–Kier alpha value is -3.06. The van der Waals surface area contributed by atoms with Gasteiger partial charge in [0.2, 0.25) is 0 Å². The maximum atomic E-state index is 12.2. The van der Waals surface area contributed by atoms with Gasteiger partial charge in [0.25, 0.3) is 11.8 Å². The molecule has 7 heteroatoms. The van der Waals surface area contributed by atoms with Crippen LogP contribution >= 0.6 is 0 Å². The van der Waals surface area contributed by atoms with Crippen LogP contribution in [0.4, 0.5) is 0 Å². The maximum absolute atomic E-state index is 12.2. The van der Waals surface area contributed by atoms with Gasteiger partial charge in [0.1, 0.15) is 18.1 Å². The standard InChI is InChI=1S/C21H27N3O4/c1-24(2)14-12-22-20(25)16-4-6-17(7-5-16)21(26)23-13-15-28-19-10-8-18(27-3)9-11-19/h4-11H,12-15H2,1-3H3,(H,22,25)(H,23,26). The Morgan fingerprint density at radius 1 is 0.821 bits per heavy atom. The fraction of sp³-hybridized carbons (Fsp3) is 0.333. The van der Waals surface area contributed by atoms with Crippen molar-refractivity contribution in [3.05, 3.63) is 59.7 Å². The van der Waals surface area contributed by atoms with Gasteiger partial charge in [-0.1, -0.05) is 0 Å². The average molecular weight is 385 g/mol. The molecular weight excluding hydrogens is 358 g/mol. The molecular formula is C21H27N3O4. The van der Waals surface area contributed by atoms with Crippen LogP contribution in [-0.4, -0.2) is 64.2 Å². The summed E-state index contributed by atoms with van der Waals surface area (Å²) in [5.74, 6) is 1.11. The molecule has 0 radical (unpaired) electrons. The Bertz CT molecular complexity index is 758. The van der Waals surface area contributed by atoms with Gasteiger partial charge >= 0.3 is 0 Å². The molecule has 0 saturated carbocycles. The number of carbonyl (C=O) groups is 2. The summed E-state index contributed by atoms with van der Waals surface area (Å²) in [4.78, 5) is 26.2. The zero-order valence-corrected chi connectivity index (χ0v) is 16.5. The molecule has 0 aliphatic carbocycles. The molecule has 2 rings (SSSR count). The van der Waals surface area contributed by atoms with Crippen LogP contribution in [0.25, 0.3) is 0 Å². The van der Waals surface area contributed by atoms with Crippen LogP contribution in [0.1, 0.15) is 20.7 Å². The van der Waals surface area contributed by atoms with Gasteiger partial charge in [-0.2, -0.15) is 0 Å². The first-order chi connectivity index (χ1) is 13.5. The summed E-state index contributed by atoms with van der Waals surface area (Å²) >= 11 is 0. The van der Waals surface area contributed by atoms with E-state index in [9.17, 15) is 9.59 Å². The van der Waals surface area contributed by atoms with Crippen molar-refractivity contribution in [3.63, 3.8) is 0 Å². The molecule has 2 aromatic carbocycles. The topological polar surface area (TPSA) is 79.9 Å². The van der Waals surface area contributed by atoms with E-state index in [1.54, 1.807) is 31.4 Å². The fourth-order valence-electron chi connectivity index (χ4n) is 2.38. The van der Waals surface area contributed by atoms with Crippen LogP contribution < -0.4 is 20.1 Å². The van der Waals surface area contributed by atoms with Crippen LogP contribution in [0.5, 0.6) is 11.5 Å². The minimum absolute atomic E-state index is 0.151. The van der Waals surface area contributed by atoms with Gasteiger partial charge in [0.15, 0.2) is 0 Å². The molecule has 0 unspecified atom stereocenters. The highest BCUT2D eigenvalue weighted by Crippen LogP contribution is 2.16. The zero-order chi connectivity index (χ0) is 20.4. The predicted octanol–water partition coefficient (Wildman–Crippen LogP) is 1.80. The Labute approximate surface area is 165 Å². The summed E-state index contributed by atoms with van der Waals surface area (Å²) in [5.41, 5.74) is 1.02. The second-order valence-corrected chi connectivity index (χ2v) is 6.42. The van der Waals surface area contributed by atoms with Crippen molar-refractivity contribution in [2.45, 2.75) is 0 Å². The largest absolute Gasteiger partial charge is 0.497 e. The van der Waals surface area contributed by atoms with Crippen LogP contribution in [0.2, 0.25) is 0 Å². The van der Waals surface area contributed by atoms with E-state index in [1.165, 1.54) is 0 Å². The summed E-state index contributed by atoms with van der Waals surface area (Å²) in [5, 5.41) is 5.63. The number of nitrogens with one attached hydrogen (secondary N) is 2. The van der Waals surface area contributed by atoms with Crippen LogP contribution in [0.3, 0.4) is 0 Å². The van der Waals surface area contributed by atoms with E-state index < -0.39 is 0 Å². The lowest BCUT2D eigenvalue weighted by atomic mass is 10.1. The molecule has 0 aliphatic rings. The Kier molecular flexibility index (Phi) is 8.30. The minimum Gasteiger partial charge on any atom is -0.497 e. The van der Waals surface area contributed by atoms with Gasteiger partial charge in [0, 0.05) is 24.2 Å². The van der Waals surface area contributed by atoms with Gasteiger partial charge in [-0.15, -0.1) is 0 Å². The van der Waals surface area contributed by atoms with Gasteiger partial charge in [-0.05, 0) is 62.6 Å².